The fourth-order valence-electron chi connectivity index (χ4n) is 2.38. The van der Waals surface area contributed by atoms with Crippen molar-refractivity contribution in [2.45, 2.75) is 20.8 Å². The van der Waals surface area contributed by atoms with E-state index >= 15 is 0 Å². The summed E-state index contributed by atoms with van der Waals surface area (Å²) in [5.41, 5.74) is 4.89. The second kappa shape index (κ2) is 6.30. The van der Waals surface area contributed by atoms with Crippen molar-refractivity contribution in [1.82, 2.24) is 9.97 Å². The highest BCUT2D eigenvalue weighted by Crippen LogP contribution is 2.24. The normalized spacial score (nSPS) is 10.6. The number of nitrogens with zero attached hydrogens (tertiary/aromatic N) is 2. The van der Waals surface area contributed by atoms with Gasteiger partial charge in [-0.2, -0.15) is 0 Å². The van der Waals surface area contributed by atoms with Crippen molar-refractivity contribution in [3.63, 3.8) is 0 Å². The molecule has 0 aliphatic heterocycles. The lowest BCUT2D eigenvalue weighted by Gasteiger charge is -2.09. The van der Waals surface area contributed by atoms with Crippen LogP contribution < -0.4 is 5.32 Å². The van der Waals surface area contributed by atoms with E-state index in [1.165, 1.54) is 0 Å². The maximum absolute atomic E-state index is 12.4. The van der Waals surface area contributed by atoms with E-state index in [0.717, 1.165) is 33.3 Å². The standard InChI is InChI=1S/C18H17N3OS/c1-11-7-8-16(12(2)19-11)18(22)21-15-6-4-5-14(9-15)17-10-23-13(3)20-17/h4-10H,1-3H3,(H,21,22). The van der Waals surface area contributed by atoms with Gasteiger partial charge in [0.25, 0.3) is 5.91 Å². The van der Waals surface area contributed by atoms with Crippen molar-refractivity contribution in [1.29, 1.82) is 0 Å². The number of aryl methyl sites for hydroxylation is 3. The van der Waals surface area contributed by atoms with Crippen LogP contribution in [0.15, 0.2) is 41.8 Å². The van der Waals surface area contributed by atoms with Crippen LogP contribution in [0.3, 0.4) is 0 Å². The summed E-state index contributed by atoms with van der Waals surface area (Å²) in [6, 6.07) is 11.4. The molecule has 0 saturated heterocycles. The van der Waals surface area contributed by atoms with E-state index in [2.05, 4.69) is 15.3 Å². The smallest absolute Gasteiger partial charge is 0.257 e. The molecule has 2 heterocycles. The minimum atomic E-state index is -0.151. The highest BCUT2D eigenvalue weighted by molar-refractivity contribution is 7.09. The van der Waals surface area contributed by atoms with Crippen molar-refractivity contribution in [3.05, 3.63) is 63.7 Å². The summed E-state index contributed by atoms with van der Waals surface area (Å²) in [5, 5.41) is 5.97. The van der Waals surface area contributed by atoms with Crippen LogP contribution in [0.2, 0.25) is 0 Å². The Morgan fingerprint density at radius 2 is 1.91 bits per heavy atom. The molecule has 0 bridgehead atoms. The number of hydrogen-bond acceptors (Lipinski definition) is 4. The van der Waals surface area contributed by atoms with Gasteiger partial charge in [-0.05, 0) is 45.0 Å². The van der Waals surface area contributed by atoms with Crippen LogP contribution >= 0.6 is 11.3 Å². The van der Waals surface area contributed by atoms with Crippen molar-refractivity contribution in [2.75, 3.05) is 5.32 Å². The van der Waals surface area contributed by atoms with E-state index in [1.54, 1.807) is 17.4 Å². The summed E-state index contributed by atoms with van der Waals surface area (Å²) >= 11 is 1.61. The van der Waals surface area contributed by atoms with Gasteiger partial charge < -0.3 is 5.32 Å². The van der Waals surface area contributed by atoms with E-state index in [0.29, 0.717) is 5.56 Å². The molecule has 3 rings (SSSR count). The molecule has 23 heavy (non-hydrogen) atoms. The molecule has 0 unspecified atom stereocenters. The average Bonchev–Trinajstić information content (AvgIpc) is 2.94. The molecule has 4 nitrogen and oxygen atoms in total. The number of carbonyl (C=O) groups excluding carboxylic acids is 1. The first-order chi connectivity index (χ1) is 11.0. The number of anilines is 1. The monoisotopic (exact) mass is 323 g/mol. The number of pyridine rings is 1. The molecular formula is C18H17N3OS. The Labute approximate surface area is 139 Å². The Balaban J connectivity index is 1.84. The fourth-order valence-corrected chi connectivity index (χ4v) is 3.00. The van der Waals surface area contributed by atoms with Crippen LogP contribution in [0.1, 0.15) is 26.8 Å². The predicted octanol–water partition coefficient (Wildman–Crippen LogP) is 4.38. The highest BCUT2D eigenvalue weighted by atomic mass is 32.1. The van der Waals surface area contributed by atoms with Crippen LogP contribution in [-0.2, 0) is 0 Å². The van der Waals surface area contributed by atoms with Crippen LogP contribution in [0.25, 0.3) is 11.3 Å². The van der Waals surface area contributed by atoms with Gasteiger partial charge in [0.1, 0.15) is 0 Å². The summed E-state index contributed by atoms with van der Waals surface area (Å²) in [7, 11) is 0. The first-order valence-electron chi connectivity index (χ1n) is 7.31. The third-order valence-electron chi connectivity index (χ3n) is 3.50. The number of benzene rings is 1. The van der Waals surface area contributed by atoms with Gasteiger partial charge in [0, 0.05) is 22.3 Å². The fraction of sp³-hybridized carbons (Fsp3) is 0.167. The van der Waals surface area contributed by atoms with Crippen LogP contribution in [0, 0.1) is 20.8 Å². The maximum Gasteiger partial charge on any atom is 0.257 e. The van der Waals surface area contributed by atoms with Gasteiger partial charge in [0.15, 0.2) is 0 Å². The molecule has 0 aliphatic rings. The Morgan fingerprint density at radius 3 is 2.61 bits per heavy atom. The molecule has 1 N–H and O–H groups in total. The number of thiazole rings is 1. The van der Waals surface area contributed by atoms with Crippen molar-refractivity contribution >= 4 is 22.9 Å². The summed E-state index contributed by atoms with van der Waals surface area (Å²) in [5.74, 6) is -0.151. The number of nitrogens with one attached hydrogen (secondary N) is 1. The van der Waals surface area contributed by atoms with Crippen molar-refractivity contribution < 1.29 is 4.79 Å². The van der Waals surface area contributed by atoms with Gasteiger partial charge >= 0.3 is 0 Å². The van der Waals surface area contributed by atoms with E-state index in [9.17, 15) is 4.79 Å². The molecule has 0 saturated carbocycles. The third-order valence-corrected chi connectivity index (χ3v) is 4.28. The van der Waals surface area contributed by atoms with Crippen molar-refractivity contribution in [3.8, 4) is 11.3 Å². The average molecular weight is 323 g/mol. The number of carbonyl (C=O) groups is 1. The molecule has 0 radical (unpaired) electrons. The lowest BCUT2D eigenvalue weighted by molar-refractivity contribution is 0.102. The van der Waals surface area contributed by atoms with E-state index < -0.39 is 0 Å². The zero-order valence-electron chi connectivity index (χ0n) is 13.3. The SMILES string of the molecule is Cc1ccc(C(=O)Nc2cccc(-c3csc(C)n3)c2)c(C)n1. The number of hydrogen-bond donors (Lipinski definition) is 1. The molecule has 0 spiro atoms. The second-order valence-corrected chi connectivity index (χ2v) is 6.43. The largest absolute Gasteiger partial charge is 0.322 e. The zero-order valence-corrected chi connectivity index (χ0v) is 14.1. The summed E-state index contributed by atoms with van der Waals surface area (Å²) in [4.78, 5) is 21.2. The minimum absolute atomic E-state index is 0.151. The van der Waals surface area contributed by atoms with Crippen LogP contribution in [-0.4, -0.2) is 15.9 Å². The third kappa shape index (κ3) is 3.46. The summed E-state index contributed by atoms with van der Waals surface area (Å²) in [6.07, 6.45) is 0. The molecule has 2 aromatic heterocycles. The second-order valence-electron chi connectivity index (χ2n) is 5.37. The van der Waals surface area contributed by atoms with Gasteiger partial charge in [-0.15, -0.1) is 11.3 Å². The topological polar surface area (TPSA) is 54.9 Å². The Hall–Kier alpha value is -2.53. The lowest BCUT2D eigenvalue weighted by Crippen LogP contribution is -2.14. The molecule has 0 atom stereocenters. The molecule has 116 valence electrons. The molecule has 0 fully saturated rings. The molecule has 1 amide bonds. The zero-order chi connectivity index (χ0) is 16.4. The quantitative estimate of drug-likeness (QED) is 0.778. The minimum Gasteiger partial charge on any atom is -0.322 e. The van der Waals surface area contributed by atoms with E-state index in [1.807, 2.05) is 56.5 Å². The molecule has 0 aliphatic carbocycles. The Kier molecular flexibility index (Phi) is 4.21. The number of amides is 1. The van der Waals surface area contributed by atoms with E-state index in [4.69, 9.17) is 0 Å². The summed E-state index contributed by atoms with van der Waals surface area (Å²) < 4.78 is 0. The van der Waals surface area contributed by atoms with E-state index in [-0.39, 0.29) is 5.91 Å². The predicted molar refractivity (Wildman–Crippen MR) is 94.0 cm³/mol. The van der Waals surface area contributed by atoms with Gasteiger partial charge in [0.2, 0.25) is 0 Å². The first-order valence-corrected chi connectivity index (χ1v) is 8.19. The lowest BCUT2D eigenvalue weighted by atomic mass is 10.1. The van der Waals surface area contributed by atoms with Crippen molar-refractivity contribution in [2.24, 2.45) is 0 Å². The maximum atomic E-state index is 12.4. The molecule has 5 heteroatoms. The Bertz CT molecular complexity index is 870. The van der Waals surface area contributed by atoms with Gasteiger partial charge in [0.05, 0.1) is 22.0 Å². The summed E-state index contributed by atoms with van der Waals surface area (Å²) in [6.45, 7) is 5.73. The molecule has 3 aromatic rings. The number of aromatic nitrogens is 2. The van der Waals surface area contributed by atoms with Crippen LogP contribution in [0.5, 0.6) is 0 Å². The van der Waals surface area contributed by atoms with Gasteiger partial charge in [-0.1, -0.05) is 12.1 Å². The molecule has 1 aromatic carbocycles. The van der Waals surface area contributed by atoms with Gasteiger partial charge in [-0.25, -0.2) is 4.98 Å². The number of rotatable bonds is 3. The highest BCUT2D eigenvalue weighted by Gasteiger charge is 2.11. The van der Waals surface area contributed by atoms with Crippen LogP contribution in [0.4, 0.5) is 5.69 Å². The molecular weight excluding hydrogens is 306 g/mol. The Morgan fingerprint density at radius 1 is 1.09 bits per heavy atom. The first kappa shape index (κ1) is 15.4. The van der Waals surface area contributed by atoms with Gasteiger partial charge in [-0.3, -0.25) is 9.78 Å².